The molecule has 0 amide bonds. The highest BCUT2D eigenvalue weighted by atomic mass is 35.5. The van der Waals surface area contributed by atoms with E-state index in [9.17, 15) is 4.79 Å². The molecule has 2 rings (SSSR count). The molecule has 0 atom stereocenters. The van der Waals surface area contributed by atoms with E-state index in [1.807, 2.05) is 19.9 Å². The lowest BCUT2D eigenvalue weighted by Gasteiger charge is -2.12. The smallest absolute Gasteiger partial charge is 0.264 e. The number of nitrogens with zero attached hydrogens (tertiary/aromatic N) is 1. The Kier molecular flexibility index (Phi) is 3.48. The first-order valence-electron chi connectivity index (χ1n) is 5.69. The van der Waals surface area contributed by atoms with E-state index in [2.05, 4.69) is 5.10 Å². The zero-order chi connectivity index (χ0) is 13.3. The molecule has 0 radical (unpaired) electrons. The monoisotopic (exact) mass is 266 g/mol. The van der Waals surface area contributed by atoms with E-state index in [0.29, 0.717) is 10.8 Å². The molecule has 5 heteroatoms. The molecule has 0 aliphatic rings. The average molecular weight is 267 g/mol. The van der Waals surface area contributed by atoms with Gasteiger partial charge in [-0.05, 0) is 24.1 Å². The van der Waals surface area contributed by atoms with Gasteiger partial charge >= 0.3 is 0 Å². The number of benzene rings is 1. The lowest BCUT2D eigenvalue weighted by molar-refractivity contribution is 0.415. The van der Waals surface area contributed by atoms with Crippen LogP contribution in [0.1, 0.15) is 25.5 Å². The molecule has 0 fully saturated rings. The van der Waals surface area contributed by atoms with Crippen molar-refractivity contribution in [3.05, 3.63) is 45.3 Å². The summed E-state index contributed by atoms with van der Waals surface area (Å²) in [5.41, 5.74) is 1.61. The highest BCUT2D eigenvalue weighted by molar-refractivity contribution is 6.32. The Morgan fingerprint density at radius 1 is 1.33 bits per heavy atom. The second-order valence-corrected chi connectivity index (χ2v) is 4.76. The Morgan fingerprint density at radius 2 is 2.06 bits per heavy atom. The second kappa shape index (κ2) is 4.90. The number of methoxy groups -OCH3 is 1. The summed E-state index contributed by atoms with van der Waals surface area (Å²) in [6.45, 7) is 4.06. The number of halogens is 1. The minimum absolute atomic E-state index is 0.120. The van der Waals surface area contributed by atoms with Gasteiger partial charge in [0.25, 0.3) is 5.56 Å². The molecular weight excluding hydrogens is 252 g/mol. The zero-order valence-corrected chi connectivity index (χ0v) is 11.3. The van der Waals surface area contributed by atoms with Gasteiger partial charge < -0.3 is 4.74 Å². The SMILES string of the molecule is COc1ccc(-n2[nH]c(=O)cc2C(C)C)cc1Cl. The molecule has 0 saturated heterocycles. The number of ether oxygens (including phenoxy) is 1. The summed E-state index contributed by atoms with van der Waals surface area (Å²) in [5.74, 6) is 0.853. The second-order valence-electron chi connectivity index (χ2n) is 4.35. The number of nitrogens with one attached hydrogen (secondary N) is 1. The van der Waals surface area contributed by atoms with Crippen LogP contribution in [0.5, 0.6) is 5.75 Å². The minimum atomic E-state index is -0.120. The molecule has 4 nitrogen and oxygen atoms in total. The molecule has 96 valence electrons. The van der Waals surface area contributed by atoms with Gasteiger partial charge in [-0.2, -0.15) is 0 Å². The molecule has 0 aliphatic heterocycles. The van der Waals surface area contributed by atoms with E-state index in [-0.39, 0.29) is 11.5 Å². The van der Waals surface area contributed by atoms with Crippen LogP contribution >= 0.6 is 11.6 Å². The number of hydrogen-bond acceptors (Lipinski definition) is 2. The van der Waals surface area contributed by atoms with Crippen molar-refractivity contribution in [3.63, 3.8) is 0 Å². The lowest BCUT2D eigenvalue weighted by Crippen LogP contribution is -2.06. The third-order valence-corrected chi connectivity index (χ3v) is 3.04. The van der Waals surface area contributed by atoms with Crippen LogP contribution in [0.3, 0.4) is 0 Å². The molecule has 1 heterocycles. The maximum atomic E-state index is 11.5. The fraction of sp³-hybridized carbons (Fsp3) is 0.308. The lowest BCUT2D eigenvalue weighted by atomic mass is 10.1. The summed E-state index contributed by atoms with van der Waals surface area (Å²) in [5, 5.41) is 3.28. The van der Waals surface area contributed by atoms with Gasteiger partial charge in [0.1, 0.15) is 5.75 Å². The number of rotatable bonds is 3. The average Bonchev–Trinajstić information content (AvgIpc) is 2.71. The van der Waals surface area contributed by atoms with Gasteiger partial charge in [0, 0.05) is 11.8 Å². The van der Waals surface area contributed by atoms with Crippen LogP contribution in [0.2, 0.25) is 5.02 Å². The topological polar surface area (TPSA) is 47.0 Å². The van der Waals surface area contributed by atoms with E-state index >= 15 is 0 Å². The minimum Gasteiger partial charge on any atom is -0.495 e. The molecule has 0 unspecified atom stereocenters. The summed E-state index contributed by atoms with van der Waals surface area (Å²) in [7, 11) is 1.57. The zero-order valence-electron chi connectivity index (χ0n) is 10.5. The van der Waals surface area contributed by atoms with Crippen molar-refractivity contribution in [1.29, 1.82) is 0 Å². The first-order valence-corrected chi connectivity index (χ1v) is 6.06. The van der Waals surface area contributed by atoms with Crippen molar-refractivity contribution in [1.82, 2.24) is 9.78 Å². The normalized spacial score (nSPS) is 10.9. The molecule has 0 spiro atoms. The van der Waals surface area contributed by atoms with Crippen molar-refractivity contribution in [2.75, 3.05) is 7.11 Å². The first kappa shape index (κ1) is 12.8. The van der Waals surface area contributed by atoms with Crippen molar-refractivity contribution >= 4 is 11.6 Å². The van der Waals surface area contributed by atoms with Gasteiger partial charge in [-0.15, -0.1) is 0 Å². The van der Waals surface area contributed by atoms with Gasteiger partial charge in [0.05, 0.1) is 17.8 Å². The van der Waals surface area contributed by atoms with Crippen molar-refractivity contribution in [3.8, 4) is 11.4 Å². The summed E-state index contributed by atoms with van der Waals surface area (Å²) in [6, 6.07) is 7.00. The van der Waals surface area contributed by atoms with Crippen molar-refractivity contribution < 1.29 is 4.74 Å². The summed E-state index contributed by atoms with van der Waals surface area (Å²) in [4.78, 5) is 11.5. The summed E-state index contributed by atoms with van der Waals surface area (Å²) < 4.78 is 6.85. The molecule has 1 aromatic heterocycles. The highest BCUT2D eigenvalue weighted by Crippen LogP contribution is 2.27. The van der Waals surface area contributed by atoms with E-state index in [4.69, 9.17) is 16.3 Å². The van der Waals surface area contributed by atoms with Crippen LogP contribution in [0, 0.1) is 0 Å². The molecule has 1 N–H and O–H groups in total. The molecular formula is C13H15ClN2O2. The Balaban J connectivity index is 2.55. The molecule has 0 bridgehead atoms. The standard InChI is InChI=1S/C13H15ClN2O2/c1-8(2)11-7-13(17)15-16(11)9-4-5-12(18-3)10(14)6-9/h4-8H,1-3H3,(H,15,17). The van der Waals surface area contributed by atoms with E-state index < -0.39 is 0 Å². The Hall–Kier alpha value is -1.68. The van der Waals surface area contributed by atoms with Gasteiger partial charge in [0.2, 0.25) is 0 Å². The van der Waals surface area contributed by atoms with Crippen LogP contribution in [0.4, 0.5) is 0 Å². The molecule has 0 aliphatic carbocycles. The van der Waals surface area contributed by atoms with Crippen LogP contribution in [-0.4, -0.2) is 16.9 Å². The van der Waals surface area contributed by atoms with Crippen LogP contribution in [0.25, 0.3) is 5.69 Å². The maximum absolute atomic E-state index is 11.5. The number of H-pyrrole nitrogens is 1. The number of aromatic nitrogens is 2. The fourth-order valence-corrected chi connectivity index (χ4v) is 2.09. The predicted octanol–water partition coefficient (Wildman–Crippen LogP) is 2.95. The molecule has 18 heavy (non-hydrogen) atoms. The van der Waals surface area contributed by atoms with E-state index in [0.717, 1.165) is 11.4 Å². The molecule has 1 aromatic carbocycles. The van der Waals surface area contributed by atoms with Crippen LogP contribution < -0.4 is 10.3 Å². The Bertz CT molecular complexity index is 614. The van der Waals surface area contributed by atoms with Crippen molar-refractivity contribution in [2.45, 2.75) is 19.8 Å². The fourth-order valence-electron chi connectivity index (χ4n) is 1.84. The third-order valence-electron chi connectivity index (χ3n) is 2.74. The number of hydrogen-bond donors (Lipinski definition) is 1. The third kappa shape index (κ3) is 2.29. The van der Waals surface area contributed by atoms with Gasteiger partial charge in [0.15, 0.2) is 0 Å². The summed E-state index contributed by atoms with van der Waals surface area (Å²) in [6.07, 6.45) is 0. The van der Waals surface area contributed by atoms with Gasteiger partial charge in [-0.25, -0.2) is 0 Å². The summed E-state index contributed by atoms with van der Waals surface area (Å²) >= 11 is 6.09. The molecule has 0 saturated carbocycles. The van der Waals surface area contributed by atoms with Crippen molar-refractivity contribution in [2.24, 2.45) is 0 Å². The molecule has 2 aromatic rings. The van der Waals surface area contributed by atoms with Gasteiger partial charge in [-0.1, -0.05) is 25.4 Å². The Morgan fingerprint density at radius 3 is 2.61 bits per heavy atom. The van der Waals surface area contributed by atoms with E-state index in [1.165, 1.54) is 0 Å². The quantitative estimate of drug-likeness (QED) is 0.928. The van der Waals surface area contributed by atoms with E-state index in [1.54, 1.807) is 30.0 Å². The number of aromatic amines is 1. The first-order chi connectivity index (χ1) is 8.52. The Labute approximate surface area is 110 Å². The van der Waals surface area contributed by atoms with Gasteiger partial charge in [-0.3, -0.25) is 14.6 Å². The largest absolute Gasteiger partial charge is 0.495 e. The highest BCUT2D eigenvalue weighted by Gasteiger charge is 2.11. The van der Waals surface area contributed by atoms with Crippen LogP contribution in [0.15, 0.2) is 29.1 Å². The maximum Gasteiger partial charge on any atom is 0.264 e. The predicted molar refractivity (Wildman–Crippen MR) is 72.0 cm³/mol. The van der Waals surface area contributed by atoms with Crippen LogP contribution in [-0.2, 0) is 0 Å².